The number of pyridine rings is 1. The van der Waals surface area contributed by atoms with Crippen LogP contribution in [0.1, 0.15) is 15.9 Å². The number of aromatic nitrogens is 1. The molecule has 0 saturated carbocycles. The van der Waals surface area contributed by atoms with Crippen LogP contribution in [0.15, 0.2) is 84.0 Å². The van der Waals surface area contributed by atoms with Crippen LogP contribution in [0.2, 0.25) is 0 Å². The lowest BCUT2D eigenvalue weighted by molar-refractivity contribution is 0.0951. The Labute approximate surface area is 157 Å². The van der Waals surface area contributed by atoms with Gasteiger partial charge < -0.3 is 10.1 Å². The van der Waals surface area contributed by atoms with Crippen LogP contribution in [0, 0.1) is 0 Å². The Morgan fingerprint density at radius 1 is 0.962 bits per heavy atom. The highest BCUT2D eigenvalue weighted by Gasteiger charge is 2.05. The smallest absolute Gasteiger partial charge is 0.251 e. The van der Waals surface area contributed by atoms with Crippen LogP contribution in [0.25, 0.3) is 0 Å². The van der Waals surface area contributed by atoms with E-state index in [2.05, 4.69) is 22.4 Å². The summed E-state index contributed by atoms with van der Waals surface area (Å²) < 4.78 is 5.73. The maximum absolute atomic E-state index is 12.2. The van der Waals surface area contributed by atoms with Crippen molar-refractivity contribution < 1.29 is 9.53 Å². The van der Waals surface area contributed by atoms with E-state index in [-0.39, 0.29) is 5.91 Å². The van der Waals surface area contributed by atoms with Crippen molar-refractivity contribution >= 4 is 17.7 Å². The highest BCUT2D eigenvalue weighted by atomic mass is 32.2. The van der Waals surface area contributed by atoms with E-state index in [0.29, 0.717) is 18.7 Å². The van der Waals surface area contributed by atoms with Gasteiger partial charge in [-0.3, -0.25) is 9.78 Å². The molecule has 1 aromatic heterocycles. The van der Waals surface area contributed by atoms with E-state index in [1.807, 2.05) is 42.5 Å². The minimum Gasteiger partial charge on any atom is -0.493 e. The third-order valence-electron chi connectivity index (χ3n) is 3.68. The molecule has 0 radical (unpaired) electrons. The van der Waals surface area contributed by atoms with Gasteiger partial charge in [0.05, 0.1) is 6.61 Å². The van der Waals surface area contributed by atoms with Gasteiger partial charge in [-0.05, 0) is 54.1 Å². The van der Waals surface area contributed by atoms with Crippen LogP contribution in [0.4, 0.5) is 0 Å². The first-order valence-electron chi connectivity index (χ1n) is 8.39. The Kier molecular flexibility index (Phi) is 6.67. The molecule has 1 heterocycles. The fraction of sp³-hybridized carbons (Fsp3) is 0.143. The second-order valence-electron chi connectivity index (χ2n) is 5.57. The zero-order valence-corrected chi connectivity index (χ0v) is 15.1. The summed E-state index contributed by atoms with van der Waals surface area (Å²) in [5.74, 6) is 1.54. The lowest BCUT2D eigenvalue weighted by Gasteiger charge is -2.08. The fourth-order valence-electron chi connectivity index (χ4n) is 2.32. The third-order valence-corrected chi connectivity index (χ3v) is 4.66. The summed E-state index contributed by atoms with van der Waals surface area (Å²) in [5.41, 5.74) is 1.63. The molecule has 0 spiro atoms. The molecule has 0 unspecified atom stereocenters. The number of rotatable bonds is 8. The summed E-state index contributed by atoms with van der Waals surface area (Å²) in [6.07, 6.45) is 3.42. The second kappa shape index (κ2) is 9.63. The van der Waals surface area contributed by atoms with Crippen molar-refractivity contribution in [2.45, 2.75) is 11.4 Å². The van der Waals surface area contributed by atoms with Gasteiger partial charge in [0.15, 0.2) is 0 Å². The summed E-state index contributed by atoms with van der Waals surface area (Å²) in [6, 6.07) is 21.2. The first-order valence-corrected chi connectivity index (χ1v) is 9.37. The topological polar surface area (TPSA) is 51.2 Å². The van der Waals surface area contributed by atoms with Gasteiger partial charge in [-0.1, -0.05) is 18.2 Å². The molecule has 0 aliphatic carbocycles. The maximum Gasteiger partial charge on any atom is 0.251 e. The molecule has 0 bridgehead atoms. The van der Waals surface area contributed by atoms with Crippen molar-refractivity contribution in [2.24, 2.45) is 0 Å². The standard InChI is InChI=1S/C21H20N2O2S/c24-21(23-16-17-10-12-22-13-11-17)18-6-8-19(9-7-18)25-14-15-26-20-4-2-1-3-5-20/h1-13H,14-16H2,(H,23,24). The lowest BCUT2D eigenvalue weighted by atomic mass is 10.2. The second-order valence-corrected chi connectivity index (χ2v) is 6.74. The lowest BCUT2D eigenvalue weighted by Crippen LogP contribution is -2.22. The third kappa shape index (κ3) is 5.63. The molecule has 3 aromatic rings. The molecule has 0 fully saturated rings. The zero-order valence-electron chi connectivity index (χ0n) is 14.3. The molecule has 0 aliphatic rings. The summed E-state index contributed by atoms with van der Waals surface area (Å²) >= 11 is 1.76. The number of hydrogen-bond acceptors (Lipinski definition) is 4. The van der Waals surface area contributed by atoms with Gasteiger partial charge in [0.2, 0.25) is 0 Å². The van der Waals surface area contributed by atoms with Gasteiger partial charge in [-0.25, -0.2) is 0 Å². The predicted molar refractivity (Wildman–Crippen MR) is 105 cm³/mol. The van der Waals surface area contributed by atoms with Gasteiger partial charge >= 0.3 is 0 Å². The SMILES string of the molecule is O=C(NCc1ccncc1)c1ccc(OCCSc2ccccc2)cc1. The molecule has 5 heteroatoms. The Bertz CT molecular complexity index is 808. The number of thioether (sulfide) groups is 1. The van der Waals surface area contributed by atoms with Gasteiger partial charge in [-0.2, -0.15) is 0 Å². The van der Waals surface area contributed by atoms with Gasteiger partial charge in [0.1, 0.15) is 5.75 Å². The fourth-order valence-corrected chi connectivity index (χ4v) is 3.08. The minimum absolute atomic E-state index is 0.104. The average Bonchev–Trinajstić information content (AvgIpc) is 2.71. The van der Waals surface area contributed by atoms with E-state index >= 15 is 0 Å². The van der Waals surface area contributed by atoms with E-state index < -0.39 is 0 Å². The average molecular weight is 364 g/mol. The molecule has 0 atom stereocenters. The van der Waals surface area contributed by atoms with Crippen molar-refractivity contribution in [3.8, 4) is 5.75 Å². The Morgan fingerprint density at radius 2 is 1.69 bits per heavy atom. The number of benzene rings is 2. The minimum atomic E-state index is -0.104. The molecule has 3 rings (SSSR count). The monoisotopic (exact) mass is 364 g/mol. The summed E-state index contributed by atoms with van der Waals surface area (Å²) in [5, 5.41) is 2.89. The molecule has 0 saturated heterocycles. The predicted octanol–water partition coefficient (Wildman–Crippen LogP) is 4.18. The van der Waals surface area contributed by atoms with Crippen molar-refractivity contribution in [3.63, 3.8) is 0 Å². The Morgan fingerprint density at radius 3 is 2.42 bits per heavy atom. The van der Waals surface area contributed by atoms with Crippen molar-refractivity contribution in [3.05, 3.63) is 90.3 Å². The van der Waals surface area contributed by atoms with E-state index in [4.69, 9.17) is 4.74 Å². The number of carbonyl (C=O) groups is 1. The van der Waals surface area contributed by atoms with E-state index in [0.717, 1.165) is 17.1 Å². The zero-order chi connectivity index (χ0) is 18.0. The van der Waals surface area contributed by atoms with Crippen LogP contribution in [0.5, 0.6) is 5.75 Å². The van der Waals surface area contributed by atoms with Crippen LogP contribution in [-0.4, -0.2) is 23.3 Å². The summed E-state index contributed by atoms with van der Waals surface area (Å²) in [6.45, 7) is 1.10. The maximum atomic E-state index is 12.2. The highest BCUT2D eigenvalue weighted by Crippen LogP contribution is 2.18. The number of nitrogens with zero attached hydrogens (tertiary/aromatic N) is 1. The van der Waals surface area contributed by atoms with Crippen molar-refractivity contribution in [1.82, 2.24) is 10.3 Å². The molecule has 4 nitrogen and oxygen atoms in total. The van der Waals surface area contributed by atoms with Crippen LogP contribution in [-0.2, 0) is 6.54 Å². The Hall–Kier alpha value is -2.79. The van der Waals surface area contributed by atoms with E-state index in [1.54, 1.807) is 36.3 Å². The van der Waals surface area contributed by atoms with Gasteiger partial charge in [0, 0.05) is 35.2 Å². The van der Waals surface area contributed by atoms with E-state index in [9.17, 15) is 4.79 Å². The van der Waals surface area contributed by atoms with Crippen LogP contribution < -0.4 is 10.1 Å². The number of nitrogens with one attached hydrogen (secondary N) is 1. The Balaban J connectivity index is 1.42. The normalized spacial score (nSPS) is 10.3. The first-order chi connectivity index (χ1) is 12.8. The first kappa shape index (κ1) is 18.0. The summed E-state index contributed by atoms with van der Waals surface area (Å²) in [7, 11) is 0. The van der Waals surface area contributed by atoms with Crippen LogP contribution in [0.3, 0.4) is 0 Å². The molecule has 1 N–H and O–H groups in total. The molecule has 132 valence electrons. The summed E-state index contributed by atoms with van der Waals surface area (Å²) in [4.78, 5) is 17.4. The largest absolute Gasteiger partial charge is 0.493 e. The number of hydrogen-bond donors (Lipinski definition) is 1. The molecule has 2 aromatic carbocycles. The number of amides is 1. The van der Waals surface area contributed by atoms with Crippen molar-refractivity contribution in [2.75, 3.05) is 12.4 Å². The van der Waals surface area contributed by atoms with Crippen molar-refractivity contribution in [1.29, 1.82) is 0 Å². The molecule has 1 amide bonds. The molecular formula is C21H20N2O2S. The van der Waals surface area contributed by atoms with Gasteiger partial charge in [-0.15, -0.1) is 11.8 Å². The molecular weight excluding hydrogens is 344 g/mol. The molecule has 0 aliphatic heterocycles. The number of carbonyl (C=O) groups excluding carboxylic acids is 1. The van der Waals surface area contributed by atoms with Crippen LogP contribution >= 0.6 is 11.8 Å². The van der Waals surface area contributed by atoms with E-state index in [1.165, 1.54) is 4.90 Å². The molecule has 26 heavy (non-hydrogen) atoms. The number of ether oxygens (including phenoxy) is 1. The highest BCUT2D eigenvalue weighted by molar-refractivity contribution is 7.99. The quantitative estimate of drug-likeness (QED) is 0.481. The van der Waals surface area contributed by atoms with Gasteiger partial charge in [0.25, 0.3) is 5.91 Å².